The molecule has 1 aliphatic heterocycles. The lowest BCUT2D eigenvalue weighted by molar-refractivity contribution is -0.114. The number of aromatic nitrogens is 2. The van der Waals surface area contributed by atoms with Gasteiger partial charge in [0.1, 0.15) is 5.75 Å². The number of imidazole rings is 1. The van der Waals surface area contributed by atoms with E-state index in [0.29, 0.717) is 12.3 Å². The Morgan fingerprint density at radius 1 is 1.29 bits per heavy atom. The van der Waals surface area contributed by atoms with Crippen molar-refractivity contribution < 1.29 is 9.90 Å². The molecule has 144 valence electrons. The maximum atomic E-state index is 11.3. The molecule has 3 N–H and O–H groups in total. The van der Waals surface area contributed by atoms with Crippen LogP contribution in [0.2, 0.25) is 0 Å². The number of aromatic hydroxyl groups is 1. The van der Waals surface area contributed by atoms with Crippen molar-refractivity contribution in [2.24, 2.45) is 0 Å². The number of hydrogen-bond donors (Lipinski definition) is 3. The second-order valence-corrected chi connectivity index (χ2v) is 7.32. The molecular formula is C22H24N4O2. The monoisotopic (exact) mass is 376 g/mol. The van der Waals surface area contributed by atoms with Gasteiger partial charge in [-0.3, -0.25) is 9.69 Å². The van der Waals surface area contributed by atoms with E-state index in [4.69, 9.17) is 0 Å². The number of H-pyrrole nitrogens is 1. The number of nitrogens with zero attached hydrogens (tertiary/aromatic N) is 2. The first-order chi connectivity index (χ1) is 13.5. The van der Waals surface area contributed by atoms with Crippen LogP contribution in [0.25, 0.3) is 0 Å². The van der Waals surface area contributed by atoms with E-state index in [0.717, 1.165) is 46.7 Å². The Morgan fingerprint density at radius 2 is 2.07 bits per heavy atom. The van der Waals surface area contributed by atoms with Gasteiger partial charge >= 0.3 is 0 Å². The first-order valence-electron chi connectivity index (χ1n) is 9.43. The Kier molecular flexibility index (Phi) is 4.88. The summed E-state index contributed by atoms with van der Waals surface area (Å²) < 4.78 is 0. The summed E-state index contributed by atoms with van der Waals surface area (Å²) in [5.74, 6) is 0.231. The second-order valence-electron chi connectivity index (χ2n) is 7.32. The SMILES string of the molecule is CC(=O)Nc1ccc([C@H]2c3nc[nH]c3CCN2Cc2cc(C)ccc2O)cc1. The summed E-state index contributed by atoms with van der Waals surface area (Å²) in [5.41, 5.74) is 6.10. The van der Waals surface area contributed by atoms with Crippen molar-refractivity contribution in [2.75, 3.05) is 11.9 Å². The standard InChI is InChI=1S/C22H24N4O2/c1-14-3-8-20(28)17(11-14)12-26-10-9-19-21(24-13-23-19)22(26)16-4-6-18(7-5-16)25-15(2)27/h3-8,11,13,22,28H,9-10,12H2,1-2H3,(H,23,24)(H,25,27)/t22-/m0/s1. The molecule has 1 atom stereocenters. The van der Waals surface area contributed by atoms with Crippen molar-refractivity contribution in [3.63, 3.8) is 0 Å². The zero-order chi connectivity index (χ0) is 19.7. The summed E-state index contributed by atoms with van der Waals surface area (Å²) in [7, 11) is 0. The van der Waals surface area contributed by atoms with Gasteiger partial charge in [-0.2, -0.15) is 0 Å². The minimum atomic E-state index is -0.0865. The number of carbonyl (C=O) groups excluding carboxylic acids is 1. The molecular weight excluding hydrogens is 352 g/mol. The molecule has 0 bridgehead atoms. The molecule has 1 amide bonds. The zero-order valence-electron chi connectivity index (χ0n) is 16.1. The quantitative estimate of drug-likeness (QED) is 0.651. The van der Waals surface area contributed by atoms with Crippen LogP contribution in [0.5, 0.6) is 5.75 Å². The molecule has 3 aromatic rings. The van der Waals surface area contributed by atoms with Gasteiger partial charge in [0.2, 0.25) is 5.91 Å². The number of fused-ring (bicyclic) bond motifs is 1. The summed E-state index contributed by atoms with van der Waals surface area (Å²) in [6, 6.07) is 13.6. The normalized spacial score (nSPS) is 16.6. The average Bonchev–Trinajstić information content (AvgIpc) is 3.14. The number of carbonyl (C=O) groups is 1. The number of phenolic OH excluding ortho intramolecular Hbond substituents is 1. The van der Waals surface area contributed by atoms with Crippen molar-refractivity contribution in [2.45, 2.75) is 32.9 Å². The largest absolute Gasteiger partial charge is 0.508 e. The highest BCUT2D eigenvalue weighted by Gasteiger charge is 2.31. The van der Waals surface area contributed by atoms with Crippen molar-refractivity contribution in [1.29, 1.82) is 0 Å². The third-order valence-electron chi connectivity index (χ3n) is 5.18. The van der Waals surface area contributed by atoms with E-state index in [2.05, 4.69) is 20.2 Å². The van der Waals surface area contributed by atoms with Crippen LogP contribution in [0.1, 0.15) is 41.0 Å². The van der Waals surface area contributed by atoms with Crippen molar-refractivity contribution >= 4 is 11.6 Å². The smallest absolute Gasteiger partial charge is 0.221 e. The molecule has 28 heavy (non-hydrogen) atoms. The number of amides is 1. The summed E-state index contributed by atoms with van der Waals surface area (Å²) in [6.45, 7) is 5.03. The second kappa shape index (κ2) is 7.48. The van der Waals surface area contributed by atoms with E-state index in [1.165, 1.54) is 6.92 Å². The van der Waals surface area contributed by atoms with Crippen LogP contribution < -0.4 is 5.32 Å². The van der Waals surface area contributed by atoms with Gasteiger partial charge < -0.3 is 15.4 Å². The topological polar surface area (TPSA) is 81.2 Å². The third kappa shape index (κ3) is 3.64. The van der Waals surface area contributed by atoms with Gasteiger partial charge in [-0.1, -0.05) is 29.8 Å². The maximum Gasteiger partial charge on any atom is 0.221 e. The molecule has 0 saturated heterocycles. The van der Waals surface area contributed by atoms with Gasteiger partial charge in [0.15, 0.2) is 0 Å². The Labute approximate surface area is 164 Å². The number of nitrogens with one attached hydrogen (secondary N) is 2. The highest BCUT2D eigenvalue weighted by molar-refractivity contribution is 5.88. The van der Waals surface area contributed by atoms with Gasteiger partial charge in [0.25, 0.3) is 0 Å². The molecule has 0 radical (unpaired) electrons. The number of hydrogen-bond acceptors (Lipinski definition) is 4. The lowest BCUT2D eigenvalue weighted by atomic mass is 9.94. The summed E-state index contributed by atoms with van der Waals surface area (Å²) in [4.78, 5) is 21.5. The molecule has 0 fully saturated rings. The predicted octanol–water partition coefficient (Wildman–Crippen LogP) is 3.53. The van der Waals surface area contributed by atoms with Crippen LogP contribution in [0.15, 0.2) is 48.8 Å². The Hall–Kier alpha value is -3.12. The molecule has 6 nitrogen and oxygen atoms in total. The number of rotatable bonds is 4. The molecule has 4 rings (SSSR count). The first-order valence-corrected chi connectivity index (χ1v) is 9.43. The summed E-state index contributed by atoms with van der Waals surface area (Å²) >= 11 is 0. The van der Waals surface area contributed by atoms with E-state index < -0.39 is 0 Å². The average molecular weight is 376 g/mol. The number of aryl methyl sites for hydroxylation is 1. The highest BCUT2D eigenvalue weighted by atomic mass is 16.3. The fraction of sp³-hybridized carbons (Fsp3) is 0.273. The molecule has 2 aromatic carbocycles. The van der Waals surface area contributed by atoms with E-state index >= 15 is 0 Å². The number of aromatic amines is 1. The molecule has 0 spiro atoms. The van der Waals surface area contributed by atoms with Crippen molar-refractivity contribution in [1.82, 2.24) is 14.9 Å². The molecule has 6 heteroatoms. The lowest BCUT2D eigenvalue weighted by Crippen LogP contribution is -2.35. The highest BCUT2D eigenvalue weighted by Crippen LogP contribution is 2.36. The molecule has 2 heterocycles. The third-order valence-corrected chi connectivity index (χ3v) is 5.18. The van der Waals surface area contributed by atoms with Crippen LogP contribution in [0.3, 0.4) is 0 Å². The van der Waals surface area contributed by atoms with E-state index in [9.17, 15) is 9.90 Å². The molecule has 1 aliphatic rings. The fourth-order valence-electron chi connectivity index (χ4n) is 3.88. The zero-order valence-corrected chi connectivity index (χ0v) is 16.1. The minimum absolute atomic E-state index is 0.0127. The Bertz CT molecular complexity index is 994. The number of benzene rings is 2. The van der Waals surface area contributed by atoms with E-state index in [1.54, 1.807) is 12.4 Å². The Balaban J connectivity index is 1.68. The van der Waals surface area contributed by atoms with E-state index in [1.807, 2.05) is 43.3 Å². The first kappa shape index (κ1) is 18.3. The number of anilines is 1. The van der Waals surface area contributed by atoms with Crippen LogP contribution in [0, 0.1) is 6.92 Å². The molecule has 0 unspecified atom stereocenters. The van der Waals surface area contributed by atoms with Gasteiger partial charge in [-0.25, -0.2) is 4.98 Å². The molecule has 0 aliphatic carbocycles. The van der Waals surface area contributed by atoms with Crippen LogP contribution in [-0.2, 0) is 17.8 Å². The predicted molar refractivity (Wildman–Crippen MR) is 108 cm³/mol. The van der Waals surface area contributed by atoms with Crippen LogP contribution in [0.4, 0.5) is 5.69 Å². The maximum absolute atomic E-state index is 11.3. The minimum Gasteiger partial charge on any atom is -0.508 e. The van der Waals surface area contributed by atoms with Crippen molar-refractivity contribution in [3.05, 3.63) is 76.9 Å². The fourth-order valence-corrected chi connectivity index (χ4v) is 3.88. The summed E-state index contributed by atoms with van der Waals surface area (Å²) in [5, 5.41) is 13.1. The summed E-state index contributed by atoms with van der Waals surface area (Å²) in [6.07, 6.45) is 2.64. The van der Waals surface area contributed by atoms with Crippen LogP contribution in [-0.4, -0.2) is 32.4 Å². The molecule has 1 aromatic heterocycles. The van der Waals surface area contributed by atoms with Gasteiger partial charge in [-0.15, -0.1) is 0 Å². The molecule has 0 saturated carbocycles. The van der Waals surface area contributed by atoms with Crippen LogP contribution >= 0.6 is 0 Å². The van der Waals surface area contributed by atoms with E-state index in [-0.39, 0.29) is 11.9 Å². The Morgan fingerprint density at radius 3 is 2.82 bits per heavy atom. The van der Waals surface area contributed by atoms with Gasteiger partial charge in [-0.05, 0) is 30.7 Å². The van der Waals surface area contributed by atoms with Crippen molar-refractivity contribution in [3.8, 4) is 5.75 Å². The van der Waals surface area contributed by atoms with Gasteiger partial charge in [0, 0.05) is 43.4 Å². The number of phenols is 1. The lowest BCUT2D eigenvalue weighted by Gasteiger charge is -2.35. The van der Waals surface area contributed by atoms with Gasteiger partial charge in [0.05, 0.1) is 18.1 Å².